The lowest BCUT2D eigenvalue weighted by atomic mass is 9.98. The molecular weight excluding hydrogens is 452 g/mol. The van der Waals surface area contributed by atoms with E-state index in [9.17, 15) is 14.4 Å². The van der Waals surface area contributed by atoms with Gasteiger partial charge in [0.25, 0.3) is 0 Å². The van der Waals surface area contributed by atoms with Crippen LogP contribution in [0.4, 0.5) is 4.79 Å². The Morgan fingerprint density at radius 2 is 1.71 bits per heavy atom. The fourth-order valence-electron chi connectivity index (χ4n) is 4.64. The van der Waals surface area contributed by atoms with Crippen LogP contribution in [0.1, 0.15) is 30.4 Å². The zero-order chi connectivity index (χ0) is 24.9. The van der Waals surface area contributed by atoms with Gasteiger partial charge in [-0.05, 0) is 35.6 Å². The summed E-state index contributed by atoms with van der Waals surface area (Å²) in [6, 6.07) is 15.1. The van der Waals surface area contributed by atoms with E-state index in [0.717, 1.165) is 22.3 Å². The van der Waals surface area contributed by atoms with E-state index in [1.165, 1.54) is 7.11 Å². The molecule has 9 nitrogen and oxygen atoms in total. The largest absolute Gasteiger partial charge is 0.481 e. The average Bonchev–Trinajstić information content (AvgIpc) is 3.47. The molecule has 1 heterocycles. The predicted molar refractivity (Wildman–Crippen MR) is 127 cm³/mol. The van der Waals surface area contributed by atoms with Crippen molar-refractivity contribution in [3.05, 3.63) is 59.7 Å². The first kappa shape index (κ1) is 24.7. The first-order valence-electron chi connectivity index (χ1n) is 11.7. The molecule has 0 spiro atoms. The van der Waals surface area contributed by atoms with Crippen molar-refractivity contribution in [2.24, 2.45) is 5.92 Å². The zero-order valence-electron chi connectivity index (χ0n) is 19.7. The Hall–Kier alpha value is -3.43. The molecule has 0 saturated carbocycles. The van der Waals surface area contributed by atoms with Gasteiger partial charge in [-0.15, -0.1) is 0 Å². The van der Waals surface area contributed by atoms with Crippen LogP contribution in [-0.2, 0) is 23.8 Å². The van der Waals surface area contributed by atoms with Crippen LogP contribution in [0.5, 0.6) is 0 Å². The Bertz CT molecular complexity index is 1040. The Morgan fingerprint density at radius 1 is 1.09 bits per heavy atom. The lowest BCUT2D eigenvalue weighted by molar-refractivity contribution is -0.141. The van der Waals surface area contributed by atoms with Crippen LogP contribution >= 0.6 is 0 Å². The molecule has 0 radical (unpaired) electrons. The van der Waals surface area contributed by atoms with Crippen molar-refractivity contribution in [2.75, 3.05) is 26.9 Å². The summed E-state index contributed by atoms with van der Waals surface area (Å²) in [6.07, 6.45) is -1.42. The third-order valence-corrected chi connectivity index (χ3v) is 6.67. The van der Waals surface area contributed by atoms with E-state index in [2.05, 4.69) is 22.8 Å². The van der Waals surface area contributed by atoms with Crippen LogP contribution in [0.2, 0.25) is 0 Å². The highest BCUT2D eigenvalue weighted by atomic mass is 16.5. The number of ether oxygens (including phenoxy) is 3. The number of carboxylic acid groups (broad SMARTS) is 1. The minimum atomic E-state index is -0.993. The molecule has 3 N–H and O–H groups in total. The van der Waals surface area contributed by atoms with E-state index in [1.807, 2.05) is 36.4 Å². The van der Waals surface area contributed by atoms with E-state index in [1.54, 1.807) is 6.92 Å². The van der Waals surface area contributed by atoms with E-state index in [0.29, 0.717) is 6.42 Å². The molecule has 4 rings (SSSR count). The van der Waals surface area contributed by atoms with Gasteiger partial charge in [0.2, 0.25) is 5.91 Å². The van der Waals surface area contributed by atoms with Crippen molar-refractivity contribution >= 4 is 18.0 Å². The molecule has 35 heavy (non-hydrogen) atoms. The number of nitrogens with one attached hydrogen (secondary N) is 2. The molecule has 186 valence electrons. The Morgan fingerprint density at radius 3 is 2.29 bits per heavy atom. The van der Waals surface area contributed by atoms with Gasteiger partial charge in [0, 0.05) is 19.6 Å². The van der Waals surface area contributed by atoms with Crippen LogP contribution in [-0.4, -0.2) is 68.2 Å². The predicted octanol–water partition coefficient (Wildman–Crippen LogP) is 2.53. The number of hydrogen-bond acceptors (Lipinski definition) is 6. The Kier molecular flexibility index (Phi) is 7.67. The van der Waals surface area contributed by atoms with Crippen molar-refractivity contribution in [1.29, 1.82) is 0 Å². The van der Waals surface area contributed by atoms with Crippen LogP contribution in [0.15, 0.2) is 48.5 Å². The van der Waals surface area contributed by atoms with Gasteiger partial charge in [-0.2, -0.15) is 0 Å². The van der Waals surface area contributed by atoms with Crippen molar-refractivity contribution in [1.82, 2.24) is 10.6 Å². The van der Waals surface area contributed by atoms with Crippen LogP contribution in [0.3, 0.4) is 0 Å². The molecule has 0 unspecified atom stereocenters. The highest BCUT2D eigenvalue weighted by molar-refractivity contribution is 5.86. The quantitative estimate of drug-likeness (QED) is 0.502. The summed E-state index contributed by atoms with van der Waals surface area (Å²) in [6.45, 7) is 2.05. The molecular formula is C26H30N2O7. The molecule has 2 aliphatic rings. The summed E-state index contributed by atoms with van der Waals surface area (Å²) in [5, 5.41) is 14.4. The zero-order valence-corrected chi connectivity index (χ0v) is 19.7. The molecule has 0 bridgehead atoms. The fourth-order valence-corrected chi connectivity index (χ4v) is 4.64. The molecule has 0 aromatic heterocycles. The van der Waals surface area contributed by atoms with Gasteiger partial charge in [0.15, 0.2) is 0 Å². The monoisotopic (exact) mass is 482 g/mol. The number of carbonyl (C=O) groups excluding carboxylic acids is 2. The molecule has 1 saturated heterocycles. The number of aliphatic carboxylic acids is 1. The lowest BCUT2D eigenvalue weighted by Gasteiger charge is -2.24. The van der Waals surface area contributed by atoms with E-state index >= 15 is 0 Å². The summed E-state index contributed by atoms with van der Waals surface area (Å²) in [7, 11) is 1.45. The molecule has 2 aromatic rings. The summed E-state index contributed by atoms with van der Waals surface area (Å²) < 4.78 is 16.3. The third-order valence-electron chi connectivity index (χ3n) is 6.67. The van der Waals surface area contributed by atoms with Gasteiger partial charge in [0.05, 0.1) is 24.7 Å². The first-order valence-corrected chi connectivity index (χ1v) is 11.7. The molecule has 9 heteroatoms. The van der Waals surface area contributed by atoms with Gasteiger partial charge in [0.1, 0.15) is 12.6 Å². The standard InChI is InChI=1S/C26H30N2O7/c1-15(33-2)23(24(29)27-12-17-11-16(13-34-17)25(30)31)28-26(32)35-14-22-20-9-5-3-7-18(20)19-8-4-6-10-21(19)22/h3-10,15-17,22-23H,11-14H2,1-2H3,(H,27,29)(H,28,32)(H,30,31)/t15-,16-,17-,23+/m1/s1. The maximum atomic E-state index is 12.8. The highest BCUT2D eigenvalue weighted by Gasteiger charge is 2.33. The summed E-state index contributed by atoms with van der Waals surface area (Å²) >= 11 is 0. The van der Waals surface area contributed by atoms with Crippen LogP contribution < -0.4 is 10.6 Å². The molecule has 4 atom stereocenters. The van der Waals surface area contributed by atoms with Crippen molar-refractivity contribution in [3.63, 3.8) is 0 Å². The first-order chi connectivity index (χ1) is 16.9. The highest BCUT2D eigenvalue weighted by Crippen LogP contribution is 2.44. The molecule has 2 aromatic carbocycles. The Balaban J connectivity index is 1.34. The summed E-state index contributed by atoms with van der Waals surface area (Å²) in [5.41, 5.74) is 4.44. The number of carbonyl (C=O) groups is 3. The van der Waals surface area contributed by atoms with E-state index < -0.39 is 42.1 Å². The minimum Gasteiger partial charge on any atom is -0.481 e. The lowest BCUT2D eigenvalue weighted by Crippen LogP contribution is -2.54. The third kappa shape index (κ3) is 5.47. The number of benzene rings is 2. The second-order valence-electron chi connectivity index (χ2n) is 8.86. The molecule has 1 aliphatic heterocycles. The van der Waals surface area contributed by atoms with Crippen molar-refractivity contribution in [3.8, 4) is 11.1 Å². The average molecular weight is 483 g/mol. The number of hydrogen-bond donors (Lipinski definition) is 3. The maximum Gasteiger partial charge on any atom is 0.407 e. The maximum absolute atomic E-state index is 12.8. The normalized spacial score (nSPS) is 20.4. The number of methoxy groups -OCH3 is 1. The summed E-state index contributed by atoms with van der Waals surface area (Å²) in [4.78, 5) is 36.6. The molecule has 1 fully saturated rings. The number of rotatable bonds is 9. The van der Waals surface area contributed by atoms with Gasteiger partial charge in [-0.25, -0.2) is 4.79 Å². The van der Waals surface area contributed by atoms with Crippen LogP contribution in [0.25, 0.3) is 11.1 Å². The van der Waals surface area contributed by atoms with Crippen molar-refractivity contribution < 1.29 is 33.7 Å². The second-order valence-corrected chi connectivity index (χ2v) is 8.86. The van der Waals surface area contributed by atoms with Crippen molar-refractivity contribution in [2.45, 2.75) is 37.5 Å². The summed E-state index contributed by atoms with van der Waals surface area (Å²) in [5.74, 6) is -2.05. The fraction of sp³-hybridized carbons (Fsp3) is 0.423. The minimum absolute atomic E-state index is 0.0954. The number of carboxylic acids is 1. The molecule has 2 amide bonds. The number of fused-ring (bicyclic) bond motifs is 3. The SMILES string of the molecule is CO[C@H](C)[C@H](NC(=O)OCC1c2ccccc2-c2ccccc21)C(=O)NC[C@H]1C[C@@H](C(=O)O)CO1. The second kappa shape index (κ2) is 10.9. The number of amides is 2. The smallest absolute Gasteiger partial charge is 0.407 e. The van der Waals surface area contributed by atoms with E-state index in [4.69, 9.17) is 19.3 Å². The van der Waals surface area contributed by atoms with Crippen LogP contribution in [0, 0.1) is 5.92 Å². The van der Waals surface area contributed by atoms with Gasteiger partial charge < -0.3 is 30.0 Å². The van der Waals surface area contributed by atoms with Gasteiger partial charge >= 0.3 is 12.1 Å². The topological polar surface area (TPSA) is 123 Å². The van der Waals surface area contributed by atoms with Gasteiger partial charge in [-0.3, -0.25) is 9.59 Å². The number of alkyl carbamates (subject to hydrolysis) is 1. The molecule has 1 aliphatic carbocycles. The van der Waals surface area contributed by atoms with E-state index in [-0.39, 0.29) is 25.7 Å². The Labute approximate surface area is 203 Å². The van der Waals surface area contributed by atoms with Gasteiger partial charge in [-0.1, -0.05) is 48.5 Å².